The van der Waals surface area contributed by atoms with E-state index < -0.39 is 0 Å². The molecule has 0 bridgehead atoms. The fourth-order valence-electron chi connectivity index (χ4n) is 1.59. The standard InChI is InChI=1S/C14H17NOS/c15-10-12-3-5-13(6-4-12)11-16-8-7-14-2-1-9-17-14/h1-6,9H,7-8,10-11,15H2. The maximum Gasteiger partial charge on any atom is 0.0717 e. The largest absolute Gasteiger partial charge is 0.376 e. The monoisotopic (exact) mass is 247 g/mol. The molecular formula is C14H17NOS. The SMILES string of the molecule is NCc1ccc(COCCc2cccs2)cc1. The van der Waals surface area contributed by atoms with Crippen LogP contribution < -0.4 is 5.73 Å². The Morgan fingerprint density at radius 1 is 1.06 bits per heavy atom. The first-order valence-corrected chi connectivity index (χ1v) is 6.64. The molecule has 0 atom stereocenters. The van der Waals surface area contributed by atoms with Gasteiger partial charge in [0.2, 0.25) is 0 Å². The van der Waals surface area contributed by atoms with Crippen LogP contribution in [0, 0.1) is 0 Å². The molecule has 0 spiro atoms. The van der Waals surface area contributed by atoms with Crippen molar-refractivity contribution >= 4 is 11.3 Å². The van der Waals surface area contributed by atoms with Crippen LogP contribution in [0.25, 0.3) is 0 Å². The Bertz CT molecular complexity index is 422. The van der Waals surface area contributed by atoms with Crippen LogP contribution in [0.3, 0.4) is 0 Å². The minimum atomic E-state index is 0.597. The fraction of sp³-hybridized carbons (Fsp3) is 0.286. The minimum absolute atomic E-state index is 0.597. The number of thiophene rings is 1. The van der Waals surface area contributed by atoms with Crippen LogP contribution in [0.5, 0.6) is 0 Å². The third kappa shape index (κ3) is 3.97. The predicted octanol–water partition coefficient (Wildman–Crippen LogP) is 2.97. The van der Waals surface area contributed by atoms with Gasteiger partial charge in [-0.15, -0.1) is 11.3 Å². The quantitative estimate of drug-likeness (QED) is 0.796. The number of hydrogen-bond acceptors (Lipinski definition) is 3. The third-order valence-corrected chi connectivity index (χ3v) is 3.54. The van der Waals surface area contributed by atoms with Crippen molar-refractivity contribution in [3.8, 4) is 0 Å². The normalized spacial score (nSPS) is 10.6. The summed E-state index contributed by atoms with van der Waals surface area (Å²) in [5.74, 6) is 0. The highest BCUT2D eigenvalue weighted by Crippen LogP contribution is 2.10. The van der Waals surface area contributed by atoms with Crippen LogP contribution in [0.4, 0.5) is 0 Å². The lowest BCUT2D eigenvalue weighted by Crippen LogP contribution is -1.99. The average Bonchev–Trinajstić information content (AvgIpc) is 2.88. The van der Waals surface area contributed by atoms with E-state index in [1.165, 1.54) is 10.4 Å². The molecule has 2 rings (SSSR count). The first-order valence-electron chi connectivity index (χ1n) is 5.76. The second-order valence-corrected chi connectivity index (χ2v) is 4.93. The van der Waals surface area contributed by atoms with Crippen LogP contribution in [0.15, 0.2) is 41.8 Å². The van der Waals surface area contributed by atoms with Crippen molar-refractivity contribution < 1.29 is 4.74 Å². The summed E-state index contributed by atoms with van der Waals surface area (Å²) in [6, 6.07) is 12.5. The van der Waals surface area contributed by atoms with E-state index in [1.54, 1.807) is 11.3 Å². The number of nitrogens with two attached hydrogens (primary N) is 1. The van der Waals surface area contributed by atoms with Crippen molar-refractivity contribution in [2.75, 3.05) is 6.61 Å². The van der Waals surface area contributed by atoms with E-state index in [4.69, 9.17) is 10.5 Å². The molecule has 1 aromatic heterocycles. The lowest BCUT2D eigenvalue weighted by Gasteiger charge is -2.04. The molecule has 0 saturated heterocycles. The van der Waals surface area contributed by atoms with E-state index in [0.29, 0.717) is 13.2 Å². The van der Waals surface area contributed by atoms with Crippen LogP contribution in [0.2, 0.25) is 0 Å². The Hall–Kier alpha value is -1.16. The van der Waals surface area contributed by atoms with Crippen molar-refractivity contribution in [1.29, 1.82) is 0 Å². The van der Waals surface area contributed by atoms with Gasteiger partial charge in [-0.25, -0.2) is 0 Å². The summed E-state index contributed by atoms with van der Waals surface area (Å²) in [6.07, 6.45) is 0.999. The van der Waals surface area contributed by atoms with Crippen LogP contribution in [-0.4, -0.2) is 6.61 Å². The molecular weight excluding hydrogens is 230 g/mol. The molecule has 0 aliphatic rings. The Labute approximate surface area is 106 Å². The number of ether oxygens (including phenoxy) is 1. The summed E-state index contributed by atoms with van der Waals surface area (Å²) in [6.45, 7) is 2.05. The Morgan fingerprint density at radius 3 is 2.47 bits per heavy atom. The summed E-state index contributed by atoms with van der Waals surface area (Å²) < 4.78 is 5.64. The van der Waals surface area contributed by atoms with Crippen molar-refractivity contribution in [2.45, 2.75) is 19.6 Å². The summed E-state index contributed by atoms with van der Waals surface area (Å²) in [7, 11) is 0. The molecule has 1 aromatic carbocycles. The zero-order chi connectivity index (χ0) is 11.9. The molecule has 0 aliphatic heterocycles. The van der Waals surface area contributed by atoms with E-state index in [2.05, 4.69) is 41.8 Å². The zero-order valence-electron chi connectivity index (χ0n) is 9.76. The Balaban J connectivity index is 1.70. The van der Waals surface area contributed by atoms with E-state index >= 15 is 0 Å². The Kier molecular flexibility index (Phi) is 4.74. The number of rotatable bonds is 6. The van der Waals surface area contributed by atoms with Gasteiger partial charge in [0, 0.05) is 17.8 Å². The molecule has 0 fully saturated rings. The van der Waals surface area contributed by atoms with Gasteiger partial charge in [0.15, 0.2) is 0 Å². The molecule has 1 heterocycles. The first-order chi connectivity index (χ1) is 8.38. The topological polar surface area (TPSA) is 35.2 Å². The Morgan fingerprint density at radius 2 is 1.82 bits per heavy atom. The van der Waals surface area contributed by atoms with E-state index in [0.717, 1.165) is 18.6 Å². The lowest BCUT2D eigenvalue weighted by atomic mass is 10.1. The highest BCUT2D eigenvalue weighted by Gasteiger charge is 1.96. The van der Waals surface area contributed by atoms with Gasteiger partial charge in [0.25, 0.3) is 0 Å². The zero-order valence-corrected chi connectivity index (χ0v) is 10.6. The van der Waals surface area contributed by atoms with Crippen molar-refractivity contribution in [2.24, 2.45) is 5.73 Å². The summed E-state index contributed by atoms with van der Waals surface area (Å²) >= 11 is 1.78. The third-order valence-electron chi connectivity index (χ3n) is 2.60. The summed E-state index contributed by atoms with van der Waals surface area (Å²) in [4.78, 5) is 1.38. The van der Waals surface area contributed by atoms with Crippen molar-refractivity contribution in [3.63, 3.8) is 0 Å². The number of benzene rings is 1. The average molecular weight is 247 g/mol. The van der Waals surface area contributed by atoms with Crippen LogP contribution in [-0.2, 0) is 24.3 Å². The minimum Gasteiger partial charge on any atom is -0.376 e. The molecule has 90 valence electrons. The maximum atomic E-state index is 5.64. The smallest absolute Gasteiger partial charge is 0.0717 e. The van der Waals surface area contributed by atoms with Gasteiger partial charge in [-0.2, -0.15) is 0 Å². The predicted molar refractivity (Wildman–Crippen MR) is 72.0 cm³/mol. The maximum absolute atomic E-state index is 5.64. The van der Waals surface area contributed by atoms with Crippen LogP contribution >= 0.6 is 11.3 Å². The van der Waals surface area contributed by atoms with Gasteiger partial charge < -0.3 is 10.5 Å². The molecule has 0 saturated carbocycles. The van der Waals surface area contributed by atoms with Gasteiger partial charge in [0.05, 0.1) is 13.2 Å². The van der Waals surface area contributed by atoms with Crippen molar-refractivity contribution in [1.82, 2.24) is 0 Å². The van der Waals surface area contributed by atoms with Gasteiger partial charge in [-0.05, 0) is 22.6 Å². The number of hydrogen-bond donors (Lipinski definition) is 1. The van der Waals surface area contributed by atoms with Crippen LogP contribution in [0.1, 0.15) is 16.0 Å². The second kappa shape index (κ2) is 6.55. The van der Waals surface area contributed by atoms with E-state index in [1.807, 2.05) is 0 Å². The molecule has 2 N–H and O–H groups in total. The molecule has 17 heavy (non-hydrogen) atoms. The molecule has 0 aliphatic carbocycles. The van der Waals surface area contributed by atoms with E-state index in [-0.39, 0.29) is 0 Å². The highest BCUT2D eigenvalue weighted by atomic mass is 32.1. The van der Waals surface area contributed by atoms with Gasteiger partial charge >= 0.3 is 0 Å². The summed E-state index contributed by atoms with van der Waals surface area (Å²) in [5, 5.41) is 2.10. The van der Waals surface area contributed by atoms with Gasteiger partial charge in [-0.1, -0.05) is 30.3 Å². The molecule has 0 unspecified atom stereocenters. The van der Waals surface area contributed by atoms with Gasteiger partial charge in [-0.3, -0.25) is 0 Å². The first kappa shape index (κ1) is 12.3. The fourth-order valence-corrected chi connectivity index (χ4v) is 2.28. The highest BCUT2D eigenvalue weighted by molar-refractivity contribution is 7.09. The van der Waals surface area contributed by atoms with Gasteiger partial charge in [0.1, 0.15) is 0 Å². The molecule has 3 heteroatoms. The lowest BCUT2D eigenvalue weighted by molar-refractivity contribution is 0.124. The summed E-state index contributed by atoms with van der Waals surface area (Å²) in [5.41, 5.74) is 7.91. The molecule has 0 amide bonds. The molecule has 2 aromatic rings. The second-order valence-electron chi connectivity index (χ2n) is 3.90. The van der Waals surface area contributed by atoms with Crippen molar-refractivity contribution in [3.05, 3.63) is 57.8 Å². The molecule has 2 nitrogen and oxygen atoms in total. The molecule has 0 radical (unpaired) electrons. The van der Waals surface area contributed by atoms with E-state index in [9.17, 15) is 0 Å².